The first-order chi connectivity index (χ1) is 11.1. The van der Waals surface area contributed by atoms with E-state index in [1.807, 2.05) is 18.2 Å². The molecule has 0 saturated carbocycles. The van der Waals surface area contributed by atoms with Crippen LogP contribution in [0.15, 0.2) is 57.8 Å². The number of halogens is 3. The minimum absolute atomic E-state index is 0. The summed E-state index contributed by atoms with van der Waals surface area (Å²) in [6.45, 7) is 7.38. The van der Waals surface area contributed by atoms with Gasteiger partial charge >= 0.3 is 30.2 Å². The molecule has 146 valence electrons. The van der Waals surface area contributed by atoms with Gasteiger partial charge < -0.3 is 14.9 Å². The maximum atomic E-state index is 4.51. The quantitative estimate of drug-likeness (QED) is 0.196. The van der Waals surface area contributed by atoms with Crippen molar-refractivity contribution in [1.82, 2.24) is 4.98 Å². The third-order valence-corrected chi connectivity index (χ3v) is 4.18. The van der Waals surface area contributed by atoms with E-state index in [0.717, 1.165) is 16.7 Å². The van der Waals surface area contributed by atoms with Crippen LogP contribution in [-0.4, -0.2) is 11.9 Å². The van der Waals surface area contributed by atoms with E-state index in [2.05, 4.69) is 78.1 Å². The van der Waals surface area contributed by atoms with Crippen molar-refractivity contribution in [1.29, 1.82) is 0 Å². The second-order valence-corrected chi connectivity index (χ2v) is 6.11. The normalized spacial score (nSPS) is 16.4. The second-order valence-electron chi connectivity index (χ2n) is 5.30. The zero-order valence-electron chi connectivity index (χ0n) is 16.0. The van der Waals surface area contributed by atoms with Gasteiger partial charge in [-0.3, -0.25) is 11.1 Å². The van der Waals surface area contributed by atoms with E-state index in [-0.39, 0.29) is 39.7 Å². The molecule has 1 atom stereocenters. The van der Waals surface area contributed by atoms with Crippen LogP contribution >= 0.6 is 40.7 Å². The van der Waals surface area contributed by atoms with Crippen molar-refractivity contribution in [3.63, 3.8) is 0 Å². The summed E-state index contributed by atoms with van der Waals surface area (Å²) in [6, 6.07) is 4.16. The average molecular weight is 561 g/mol. The van der Waals surface area contributed by atoms with E-state index < -0.39 is 0 Å². The summed E-state index contributed by atoms with van der Waals surface area (Å²) in [5, 5.41) is 0. The van der Waals surface area contributed by atoms with Crippen molar-refractivity contribution in [2.24, 2.45) is 0 Å². The van der Waals surface area contributed by atoms with Crippen LogP contribution in [0.5, 0.6) is 0 Å². The topological polar surface area (TPSA) is 12.9 Å². The molecule has 0 aliphatic heterocycles. The Kier molecular flexibility index (Phi) is 18.6. The van der Waals surface area contributed by atoms with Gasteiger partial charge in [-0.1, -0.05) is 19.9 Å². The van der Waals surface area contributed by atoms with Crippen molar-refractivity contribution < 1.29 is 23.3 Å². The number of rotatable bonds is 0. The molecule has 2 radical (unpaired) electrons. The SMILES string of the molecule is CC1=[C-]C2=Cc3nc(Br)ccc3C(C)C2=C1.Cl.Cl.[C-]1=CC=CC1.[CH3-].[CH3-].[Si]=[Zr]. The minimum atomic E-state index is 0. The van der Waals surface area contributed by atoms with E-state index >= 15 is 0 Å². The molecule has 0 fully saturated rings. The van der Waals surface area contributed by atoms with Crippen LogP contribution < -0.4 is 0 Å². The summed E-state index contributed by atoms with van der Waals surface area (Å²) in [6.07, 6.45) is 17.7. The van der Waals surface area contributed by atoms with Crippen molar-refractivity contribution in [3.8, 4) is 0 Å². The number of hydrogen-bond acceptors (Lipinski definition) is 1. The first-order valence-corrected chi connectivity index (χ1v) is 12.3. The Morgan fingerprint density at radius 2 is 1.85 bits per heavy atom. The molecule has 0 amide bonds. The molecule has 1 nitrogen and oxygen atoms in total. The molecule has 1 unspecified atom stereocenters. The Balaban J connectivity index is -0.000000457. The Hall–Kier alpha value is 0.0100. The third kappa shape index (κ3) is 8.50. The molecule has 0 bridgehead atoms. The van der Waals surface area contributed by atoms with Crippen LogP contribution in [0, 0.1) is 27.0 Å². The number of allylic oxidation sites excluding steroid dienone is 9. The molecule has 1 aromatic heterocycles. The van der Waals surface area contributed by atoms with Crippen LogP contribution in [0.3, 0.4) is 0 Å². The number of hydrogen-bond donors (Lipinski definition) is 0. The molecule has 0 spiro atoms. The molecule has 3 aliphatic carbocycles. The molecule has 0 aromatic carbocycles. The van der Waals surface area contributed by atoms with Gasteiger partial charge in [-0.05, 0) is 33.5 Å². The van der Waals surface area contributed by atoms with Gasteiger partial charge in [0.1, 0.15) is 4.60 Å². The average Bonchev–Trinajstić information content (AvgIpc) is 3.22. The van der Waals surface area contributed by atoms with E-state index in [4.69, 9.17) is 0 Å². The fraction of sp³-hybridized carbons (Fsp3) is 0.190. The summed E-state index contributed by atoms with van der Waals surface area (Å²) in [5.74, 6) is 0.417. The van der Waals surface area contributed by atoms with Crippen LogP contribution in [0.2, 0.25) is 0 Å². The van der Waals surface area contributed by atoms with Gasteiger partial charge in [-0.15, -0.1) is 49.0 Å². The van der Waals surface area contributed by atoms with E-state index in [1.54, 1.807) is 0 Å². The Morgan fingerprint density at radius 3 is 2.37 bits per heavy atom. The van der Waals surface area contributed by atoms with E-state index in [1.165, 1.54) is 45.6 Å². The van der Waals surface area contributed by atoms with Gasteiger partial charge in [0.05, 0.1) is 0 Å². The van der Waals surface area contributed by atoms with E-state index in [9.17, 15) is 0 Å². The molecule has 1 heterocycles. The number of fused-ring (bicyclic) bond motifs is 2. The molecular weight excluding hydrogens is 536 g/mol. The Labute approximate surface area is 202 Å². The Morgan fingerprint density at radius 1 is 1.19 bits per heavy atom. The standard InChI is InChI=1S/C14H11BrN.C5H5.2CH3.2ClH.Si.Zr/c1-8-5-10-7-13-11(3-4-14(15)16-13)9(2)12(10)6-8;1-2-4-5-3-1;;;;;;/h3-4,6-7,9H,1-2H3;1-3H,4H2;2*1H3;2*1H;;/q4*-1;;;;. The summed E-state index contributed by atoms with van der Waals surface area (Å²) >= 11 is 4.77. The molecule has 0 saturated heterocycles. The molecule has 0 N–H and O–H groups in total. The first-order valence-electron chi connectivity index (χ1n) is 7.32. The van der Waals surface area contributed by atoms with Gasteiger partial charge in [0.15, 0.2) is 0 Å². The third-order valence-electron chi connectivity index (χ3n) is 3.74. The Bertz CT molecular complexity index is 745. The molecule has 6 heteroatoms. The van der Waals surface area contributed by atoms with Crippen molar-refractivity contribution in [2.75, 3.05) is 0 Å². The first kappa shape index (κ1) is 31.7. The number of pyridine rings is 1. The predicted molar refractivity (Wildman–Crippen MR) is 123 cm³/mol. The zero-order chi connectivity index (χ0) is 16.8. The maximum absolute atomic E-state index is 4.51. The van der Waals surface area contributed by atoms with Crippen LogP contribution in [0.25, 0.3) is 6.08 Å². The fourth-order valence-electron chi connectivity index (χ4n) is 2.70. The van der Waals surface area contributed by atoms with Crippen LogP contribution in [-0.2, 0) is 23.3 Å². The van der Waals surface area contributed by atoms with Gasteiger partial charge in [0, 0.05) is 5.69 Å². The number of nitrogens with zero attached hydrogens (tertiary/aromatic N) is 1. The number of aromatic nitrogens is 1. The molecule has 3 aliphatic rings. The van der Waals surface area contributed by atoms with E-state index in [0.29, 0.717) is 5.92 Å². The van der Waals surface area contributed by atoms with Crippen LogP contribution in [0.1, 0.15) is 37.4 Å². The van der Waals surface area contributed by atoms with Crippen molar-refractivity contribution >= 4 is 53.7 Å². The fourth-order valence-corrected chi connectivity index (χ4v) is 3.02. The van der Waals surface area contributed by atoms with Gasteiger partial charge in [-0.25, -0.2) is 12.2 Å². The summed E-state index contributed by atoms with van der Waals surface area (Å²) in [4.78, 5) is 4.51. The summed E-state index contributed by atoms with van der Waals surface area (Å²) in [7, 11) is 0. The zero-order valence-corrected chi connectivity index (χ0v) is 22.6. The molecule has 4 rings (SSSR count). The van der Waals surface area contributed by atoms with Gasteiger partial charge in [0.25, 0.3) is 0 Å². The predicted octanol–water partition coefficient (Wildman–Crippen LogP) is 6.70. The molecule has 27 heavy (non-hydrogen) atoms. The van der Waals surface area contributed by atoms with Gasteiger partial charge in [-0.2, -0.15) is 23.3 Å². The van der Waals surface area contributed by atoms with Crippen molar-refractivity contribution in [3.05, 3.63) is 96.0 Å². The second kappa shape index (κ2) is 15.9. The molecular formula is C21H24BrCl2NSiZr-4. The monoisotopic (exact) mass is 557 g/mol. The summed E-state index contributed by atoms with van der Waals surface area (Å²) in [5.41, 5.74) is 6.14. The summed E-state index contributed by atoms with van der Waals surface area (Å²) < 4.78 is 0.890. The van der Waals surface area contributed by atoms with Crippen LogP contribution in [0.4, 0.5) is 0 Å². The van der Waals surface area contributed by atoms with Gasteiger partial charge in [0.2, 0.25) is 0 Å². The molecule has 1 aromatic rings. The van der Waals surface area contributed by atoms with Crippen molar-refractivity contribution in [2.45, 2.75) is 26.2 Å².